The Morgan fingerprint density at radius 2 is 2.30 bits per heavy atom. The summed E-state index contributed by atoms with van der Waals surface area (Å²) in [6.45, 7) is 3.23. The van der Waals surface area contributed by atoms with Crippen LogP contribution in [0.4, 0.5) is 0 Å². The van der Waals surface area contributed by atoms with Gasteiger partial charge in [0.05, 0.1) is 5.69 Å². The number of ether oxygens (including phenoxy) is 1. The van der Waals surface area contributed by atoms with Gasteiger partial charge in [-0.2, -0.15) is 0 Å². The Hall–Kier alpha value is -0.490. The zero-order valence-electron chi connectivity index (χ0n) is 12.0. The Kier molecular flexibility index (Phi) is 5.04. The lowest BCUT2D eigenvalue weighted by Gasteiger charge is -2.35. The second kappa shape index (κ2) is 6.98. The fraction of sp³-hybridized carbons (Fsp3) is 0.800. The lowest BCUT2D eigenvalue weighted by molar-refractivity contribution is 0.107. The summed E-state index contributed by atoms with van der Waals surface area (Å²) in [7, 11) is 0. The highest BCUT2D eigenvalue weighted by Crippen LogP contribution is 2.31. The molecule has 2 fully saturated rings. The minimum Gasteiger partial charge on any atom is -0.396 e. The SMILES string of the molecule is OCCC1CCCCN1Cc1csc(C2CCCO2)n1. The molecule has 2 aliphatic heterocycles. The summed E-state index contributed by atoms with van der Waals surface area (Å²) in [6, 6.07) is 0.529. The third-order valence-electron chi connectivity index (χ3n) is 4.35. The van der Waals surface area contributed by atoms with Gasteiger partial charge in [0, 0.05) is 31.2 Å². The third-order valence-corrected chi connectivity index (χ3v) is 5.34. The second-order valence-electron chi connectivity index (χ2n) is 5.81. The van der Waals surface area contributed by atoms with Gasteiger partial charge in [0.25, 0.3) is 0 Å². The highest BCUT2D eigenvalue weighted by molar-refractivity contribution is 7.09. The number of nitrogens with zero attached hydrogens (tertiary/aromatic N) is 2. The fourth-order valence-electron chi connectivity index (χ4n) is 3.27. The summed E-state index contributed by atoms with van der Waals surface area (Å²) in [6.07, 6.45) is 7.17. The lowest BCUT2D eigenvalue weighted by atomic mass is 9.99. The molecular weight excluding hydrogens is 272 g/mol. The Bertz CT molecular complexity index is 416. The Labute approximate surface area is 124 Å². The summed E-state index contributed by atoms with van der Waals surface area (Å²) >= 11 is 1.74. The van der Waals surface area contributed by atoms with Gasteiger partial charge in [-0.25, -0.2) is 4.98 Å². The maximum Gasteiger partial charge on any atom is 0.122 e. The van der Waals surface area contributed by atoms with Crippen LogP contribution in [0.1, 0.15) is 55.3 Å². The van der Waals surface area contributed by atoms with Crippen LogP contribution in [0.15, 0.2) is 5.38 Å². The number of likely N-dealkylation sites (tertiary alicyclic amines) is 1. The smallest absolute Gasteiger partial charge is 0.122 e. The van der Waals surface area contributed by atoms with Crippen LogP contribution < -0.4 is 0 Å². The van der Waals surface area contributed by atoms with Crippen molar-refractivity contribution in [2.75, 3.05) is 19.8 Å². The topological polar surface area (TPSA) is 45.6 Å². The van der Waals surface area contributed by atoms with E-state index in [1.54, 1.807) is 11.3 Å². The number of piperidine rings is 1. The van der Waals surface area contributed by atoms with E-state index >= 15 is 0 Å². The Morgan fingerprint density at radius 1 is 1.35 bits per heavy atom. The molecule has 2 saturated heterocycles. The van der Waals surface area contributed by atoms with Gasteiger partial charge in [-0.3, -0.25) is 4.90 Å². The molecule has 5 heteroatoms. The summed E-state index contributed by atoms with van der Waals surface area (Å²) in [5, 5.41) is 12.5. The number of aliphatic hydroxyl groups is 1. The third kappa shape index (κ3) is 3.39. The quantitative estimate of drug-likeness (QED) is 0.907. The minimum atomic E-state index is 0.239. The monoisotopic (exact) mass is 296 g/mol. The molecular formula is C15H24N2O2S. The van der Waals surface area contributed by atoms with Gasteiger partial charge in [-0.1, -0.05) is 6.42 Å². The van der Waals surface area contributed by atoms with Crippen LogP contribution in [-0.4, -0.2) is 40.8 Å². The zero-order chi connectivity index (χ0) is 13.8. The van der Waals surface area contributed by atoms with Gasteiger partial charge in [0.2, 0.25) is 0 Å². The highest BCUT2D eigenvalue weighted by atomic mass is 32.1. The van der Waals surface area contributed by atoms with E-state index in [-0.39, 0.29) is 6.10 Å². The van der Waals surface area contributed by atoms with Crippen molar-refractivity contribution in [3.05, 3.63) is 16.1 Å². The second-order valence-corrected chi connectivity index (χ2v) is 6.70. The van der Waals surface area contributed by atoms with E-state index in [9.17, 15) is 5.11 Å². The van der Waals surface area contributed by atoms with Crippen LogP contribution in [0.25, 0.3) is 0 Å². The van der Waals surface area contributed by atoms with Crippen LogP contribution >= 0.6 is 11.3 Å². The van der Waals surface area contributed by atoms with Crippen molar-refractivity contribution in [1.29, 1.82) is 0 Å². The molecule has 0 spiro atoms. The standard InChI is InChI=1S/C15H24N2O2S/c18-8-6-13-4-1-2-7-17(13)10-12-11-20-15(16-12)14-5-3-9-19-14/h11,13-14,18H,1-10H2. The lowest BCUT2D eigenvalue weighted by Crippen LogP contribution is -2.39. The van der Waals surface area contributed by atoms with Crippen molar-refractivity contribution < 1.29 is 9.84 Å². The van der Waals surface area contributed by atoms with Crippen LogP contribution in [-0.2, 0) is 11.3 Å². The Morgan fingerprint density at radius 3 is 3.10 bits per heavy atom. The zero-order valence-corrected chi connectivity index (χ0v) is 12.8. The highest BCUT2D eigenvalue weighted by Gasteiger charge is 2.24. The van der Waals surface area contributed by atoms with Crippen LogP contribution in [0.3, 0.4) is 0 Å². The normalized spacial score (nSPS) is 28.1. The molecule has 0 aromatic carbocycles. The van der Waals surface area contributed by atoms with E-state index in [4.69, 9.17) is 9.72 Å². The first-order valence-corrected chi connectivity index (χ1v) is 8.65. The van der Waals surface area contributed by atoms with Gasteiger partial charge in [-0.15, -0.1) is 11.3 Å². The Balaban J connectivity index is 1.61. The molecule has 0 bridgehead atoms. The molecule has 2 aliphatic rings. The first-order valence-electron chi connectivity index (χ1n) is 7.77. The number of aromatic nitrogens is 1. The van der Waals surface area contributed by atoms with Gasteiger partial charge in [-0.05, 0) is 38.6 Å². The molecule has 0 amide bonds. The van der Waals surface area contributed by atoms with Crippen molar-refractivity contribution in [3.63, 3.8) is 0 Å². The maximum atomic E-state index is 9.19. The summed E-state index contributed by atoms with van der Waals surface area (Å²) in [5.74, 6) is 0. The van der Waals surface area contributed by atoms with E-state index in [0.29, 0.717) is 12.6 Å². The van der Waals surface area contributed by atoms with Crippen molar-refractivity contribution in [3.8, 4) is 0 Å². The largest absolute Gasteiger partial charge is 0.396 e. The first-order chi connectivity index (χ1) is 9.86. The molecule has 1 aromatic heterocycles. The van der Waals surface area contributed by atoms with Crippen molar-refractivity contribution in [2.24, 2.45) is 0 Å². The van der Waals surface area contributed by atoms with E-state index in [0.717, 1.165) is 44.0 Å². The average Bonchev–Trinajstić information content (AvgIpc) is 3.12. The average molecular weight is 296 g/mol. The summed E-state index contributed by atoms with van der Waals surface area (Å²) in [4.78, 5) is 7.26. The molecule has 0 saturated carbocycles. The number of hydrogen-bond donors (Lipinski definition) is 1. The van der Waals surface area contributed by atoms with Crippen LogP contribution in [0, 0.1) is 0 Å². The molecule has 3 rings (SSSR count). The summed E-state index contributed by atoms with van der Waals surface area (Å²) in [5.41, 5.74) is 1.17. The van der Waals surface area contributed by atoms with E-state index in [2.05, 4.69) is 10.3 Å². The van der Waals surface area contributed by atoms with Gasteiger partial charge < -0.3 is 9.84 Å². The van der Waals surface area contributed by atoms with E-state index < -0.39 is 0 Å². The predicted octanol–water partition coefficient (Wildman–Crippen LogP) is 2.73. The van der Waals surface area contributed by atoms with E-state index in [1.165, 1.54) is 25.0 Å². The van der Waals surface area contributed by atoms with Crippen molar-refractivity contribution in [1.82, 2.24) is 9.88 Å². The molecule has 4 nitrogen and oxygen atoms in total. The molecule has 112 valence electrons. The number of aliphatic hydroxyl groups excluding tert-OH is 1. The number of hydrogen-bond acceptors (Lipinski definition) is 5. The van der Waals surface area contributed by atoms with Gasteiger partial charge in [0.15, 0.2) is 0 Å². The molecule has 20 heavy (non-hydrogen) atoms. The van der Waals surface area contributed by atoms with Gasteiger partial charge >= 0.3 is 0 Å². The molecule has 1 N–H and O–H groups in total. The van der Waals surface area contributed by atoms with Gasteiger partial charge in [0.1, 0.15) is 11.1 Å². The fourth-order valence-corrected chi connectivity index (χ4v) is 4.16. The predicted molar refractivity (Wildman–Crippen MR) is 79.8 cm³/mol. The molecule has 0 radical (unpaired) electrons. The van der Waals surface area contributed by atoms with Crippen LogP contribution in [0.5, 0.6) is 0 Å². The minimum absolute atomic E-state index is 0.239. The van der Waals surface area contributed by atoms with Crippen molar-refractivity contribution >= 4 is 11.3 Å². The molecule has 0 aliphatic carbocycles. The number of thiazole rings is 1. The molecule has 3 heterocycles. The van der Waals surface area contributed by atoms with Crippen LogP contribution in [0.2, 0.25) is 0 Å². The molecule has 2 unspecified atom stereocenters. The molecule has 1 aromatic rings. The van der Waals surface area contributed by atoms with E-state index in [1.807, 2.05) is 0 Å². The molecule has 2 atom stereocenters. The first kappa shape index (κ1) is 14.4. The summed E-state index contributed by atoms with van der Waals surface area (Å²) < 4.78 is 5.70. The maximum absolute atomic E-state index is 9.19. The van der Waals surface area contributed by atoms with Crippen molar-refractivity contribution in [2.45, 2.75) is 57.2 Å². The number of rotatable bonds is 5.